The molecule has 0 saturated carbocycles. The minimum Gasteiger partial charge on any atom is -0.0999 e. The Morgan fingerprint density at radius 3 is 2.25 bits per heavy atom. The van der Waals surface area contributed by atoms with Gasteiger partial charge in [0.15, 0.2) is 0 Å². The molecule has 16 heavy (non-hydrogen) atoms. The lowest BCUT2D eigenvalue weighted by atomic mass is 10.0. The van der Waals surface area contributed by atoms with Crippen LogP contribution < -0.4 is 0 Å². The molecule has 0 nitrogen and oxygen atoms in total. The number of hydrogen-bond acceptors (Lipinski definition) is 0. The first kappa shape index (κ1) is 15.5. The number of hydrogen-bond donors (Lipinski definition) is 0. The molecule has 0 atom stereocenters. The maximum atomic E-state index is 4.10. The van der Waals surface area contributed by atoms with E-state index in [9.17, 15) is 0 Å². The summed E-state index contributed by atoms with van der Waals surface area (Å²) in [6.07, 6.45) is 17.7. The van der Waals surface area contributed by atoms with Crippen molar-refractivity contribution in [1.29, 1.82) is 0 Å². The normalized spacial score (nSPS) is 11.1. The van der Waals surface area contributed by atoms with Gasteiger partial charge in [0.1, 0.15) is 0 Å². The van der Waals surface area contributed by atoms with E-state index in [1.54, 1.807) is 0 Å². The van der Waals surface area contributed by atoms with Gasteiger partial charge in [0.2, 0.25) is 0 Å². The number of unbranched alkanes of at least 4 members (excludes halogenated alkanes) is 5. The topological polar surface area (TPSA) is 0 Å². The summed E-state index contributed by atoms with van der Waals surface area (Å²) in [5.74, 6) is 0. The molecule has 94 valence electrons. The third-order valence-corrected chi connectivity index (χ3v) is 2.91. The summed E-state index contributed by atoms with van der Waals surface area (Å²) in [5.41, 5.74) is 1.45. The Bertz CT molecular complexity index is 176. The largest absolute Gasteiger partial charge is 0.0999 e. The van der Waals surface area contributed by atoms with Gasteiger partial charge in [0, 0.05) is 0 Å². The molecule has 0 N–H and O–H groups in total. The molecule has 0 heterocycles. The molecule has 0 saturated heterocycles. The third-order valence-electron chi connectivity index (χ3n) is 2.91. The Balaban J connectivity index is 3.09. The molecule has 0 bridgehead atoms. The van der Waals surface area contributed by atoms with Crippen LogP contribution in [-0.2, 0) is 0 Å². The van der Waals surface area contributed by atoms with Gasteiger partial charge >= 0.3 is 0 Å². The Hall–Kier alpha value is -0.520. The Morgan fingerprint density at radius 1 is 0.875 bits per heavy atom. The van der Waals surface area contributed by atoms with Gasteiger partial charge in [0.05, 0.1) is 0 Å². The molecular formula is C16H30. The first-order valence-corrected chi connectivity index (χ1v) is 7.12. The molecule has 0 fully saturated rings. The highest BCUT2D eigenvalue weighted by molar-refractivity contribution is 4.92. The van der Waals surface area contributed by atoms with Crippen molar-refractivity contribution in [3.8, 4) is 0 Å². The number of allylic oxidation sites excluding steroid dienone is 3. The van der Waals surface area contributed by atoms with Crippen molar-refractivity contribution in [2.24, 2.45) is 0 Å². The van der Waals surface area contributed by atoms with Crippen molar-refractivity contribution in [3.63, 3.8) is 0 Å². The van der Waals surface area contributed by atoms with Crippen molar-refractivity contribution < 1.29 is 0 Å². The zero-order chi connectivity index (χ0) is 12.1. The molecule has 0 spiro atoms. The molecule has 0 aromatic rings. The van der Waals surface area contributed by atoms with Crippen LogP contribution in [0.1, 0.15) is 78.1 Å². The van der Waals surface area contributed by atoms with E-state index in [2.05, 4.69) is 32.6 Å². The molecule has 0 unspecified atom stereocenters. The predicted octanol–water partition coefficient (Wildman–Crippen LogP) is 6.04. The van der Waals surface area contributed by atoms with Gasteiger partial charge in [0.25, 0.3) is 0 Å². The van der Waals surface area contributed by atoms with Gasteiger partial charge in [-0.2, -0.15) is 0 Å². The van der Waals surface area contributed by atoms with Crippen molar-refractivity contribution in [2.75, 3.05) is 0 Å². The molecule has 0 aromatic carbocycles. The highest BCUT2D eigenvalue weighted by atomic mass is 14.0. The van der Waals surface area contributed by atoms with Crippen molar-refractivity contribution in [1.82, 2.24) is 0 Å². The van der Waals surface area contributed by atoms with Crippen LogP contribution >= 0.6 is 0 Å². The summed E-state index contributed by atoms with van der Waals surface area (Å²) in [7, 11) is 0. The van der Waals surface area contributed by atoms with Crippen LogP contribution in [0.25, 0.3) is 0 Å². The smallest absolute Gasteiger partial charge is 0.0323 e. The first-order valence-electron chi connectivity index (χ1n) is 7.12. The van der Waals surface area contributed by atoms with Crippen LogP contribution in [0, 0.1) is 0 Å². The Labute approximate surface area is 103 Å². The van der Waals surface area contributed by atoms with Crippen LogP contribution in [-0.4, -0.2) is 0 Å². The zero-order valence-corrected chi connectivity index (χ0v) is 11.4. The average Bonchev–Trinajstić information content (AvgIpc) is 2.27. The molecule has 0 radical (unpaired) electrons. The molecular weight excluding hydrogens is 192 g/mol. The van der Waals surface area contributed by atoms with E-state index in [1.807, 2.05) is 0 Å². The molecule has 0 aliphatic carbocycles. The maximum absolute atomic E-state index is 4.10. The van der Waals surface area contributed by atoms with Gasteiger partial charge in [-0.3, -0.25) is 0 Å². The quantitative estimate of drug-likeness (QED) is 0.295. The molecule has 0 rings (SSSR count). The zero-order valence-electron chi connectivity index (χ0n) is 11.4. The van der Waals surface area contributed by atoms with Gasteiger partial charge in [-0.15, -0.1) is 0 Å². The van der Waals surface area contributed by atoms with E-state index in [1.165, 1.54) is 69.8 Å². The standard InChI is InChI=1S/C16H30/c1-4-6-7-8-9-10-11-12-13-15-16(3)14-5-2/h6-7H,3-5,8-15H2,1-2H3/b7-6-. The van der Waals surface area contributed by atoms with Gasteiger partial charge < -0.3 is 0 Å². The maximum Gasteiger partial charge on any atom is -0.0323 e. The SMILES string of the molecule is C=C(CCC)CCCCCCC/C=C\CC. The summed E-state index contributed by atoms with van der Waals surface area (Å²) < 4.78 is 0. The van der Waals surface area contributed by atoms with Crippen molar-refractivity contribution in [3.05, 3.63) is 24.3 Å². The fourth-order valence-electron chi connectivity index (χ4n) is 1.93. The molecule has 0 amide bonds. The minimum absolute atomic E-state index is 1.18. The van der Waals surface area contributed by atoms with Crippen LogP contribution in [0.15, 0.2) is 24.3 Å². The van der Waals surface area contributed by atoms with E-state index in [-0.39, 0.29) is 0 Å². The van der Waals surface area contributed by atoms with Crippen LogP contribution in [0.5, 0.6) is 0 Å². The summed E-state index contributed by atoms with van der Waals surface area (Å²) in [6.45, 7) is 8.53. The highest BCUT2D eigenvalue weighted by Crippen LogP contribution is 2.14. The third kappa shape index (κ3) is 11.6. The van der Waals surface area contributed by atoms with Gasteiger partial charge in [-0.1, -0.05) is 63.8 Å². The van der Waals surface area contributed by atoms with E-state index < -0.39 is 0 Å². The predicted molar refractivity (Wildman–Crippen MR) is 75.8 cm³/mol. The lowest BCUT2D eigenvalue weighted by molar-refractivity contribution is 0.610. The molecule has 0 aliphatic rings. The lowest BCUT2D eigenvalue weighted by Crippen LogP contribution is -1.83. The van der Waals surface area contributed by atoms with Gasteiger partial charge in [-0.25, -0.2) is 0 Å². The molecule has 0 aromatic heterocycles. The van der Waals surface area contributed by atoms with Crippen LogP contribution in [0.2, 0.25) is 0 Å². The summed E-state index contributed by atoms with van der Waals surface area (Å²) >= 11 is 0. The lowest BCUT2D eigenvalue weighted by Gasteiger charge is -2.03. The summed E-state index contributed by atoms with van der Waals surface area (Å²) in [6, 6.07) is 0. The van der Waals surface area contributed by atoms with Crippen LogP contribution in [0.4, 0.5) is 0 Å². The van der Waals surface area contributed by atoms with Crippen molar-refractivity contribution in [2.45, 2.75) is 78.1 Å². The van der Waals surface area contributed by atoms with Gasteiger partial charge in [-0.05, 0) is 38.5 Å². The van der Waals surface area contributed by atoms with E-state index >= 15 is 0 Å². The number of rotatable bonds is 11. The van der Waals surface area contributed by atoms with E-state index in [0.717, 1.165) is 0 Å². The first-order chi connectivity index (χ1) is 7.81. The summed E-state index contributed by atoms with van der Waals surface area (Å²) in [4.78, 5) is 0. The molecule has 0 heteroatoms. The average molecular weight is 222 g/mol. The summed E-state index contributed by atoms with van der Waals surface area (Å²) in [5, 5.41) is 0. The monoisotopic (exact) mass is 222 g/mol. The van der Waals surface area contributed by atoms with E-state index in [4.69, 9.17) is 0 Å². The second kappa shape index (κ2) is 12.5. The second-order valence-corrected chi connectivity index (χ2v) is 4.69. The fraction of sp³-hybridized carbons (Fsp3) is 0.750. The second-order valence-electron chi connectivity index (χ2n) is 4.69. The Kier molecular flexibility index (Phi) is 12.1. The fourth-order valence-corrected chi connectivity index (χ4v) is 1.93. The van der Waals surface area contributed by atoms with Crippen LogP contribution in [0.3, 0.4) is 0 Å². The Morgan fingerprint density at radius 2 is 1.56 bits per heavy atom. The minimum atomic E-state index is 1.18. The van der Waals surface area contributed by atoms with E-state index in [0.29, 0.717) is 0 Å². The van der Waals surface area contributed by atoms with Crippen molar-refractivity contribution >= 4 is 0 Å². The molecule has 0 aliphatic heterocycles. The highest BCUT2D eigenvalue weighted by Gasteiger charge is 1.94.